The predicted octanol–water partition coefficient (Wildman–Crippen LogP) is 1.53. The van der Waals surface area contributed by atoms with Crippen LogP contribution in [-0.4, -0.2) is 33.7 Å². The molecule has 0 saturated heterocycles. The van der Waals surface area contributed by atoms with Crippen LogP contribution in [0.4, 0.5) is 5.69 Å². The van der Waals surface area contributed by atoms with Gasteiger partial charge in [0.05, 0.1) is 18.5 Å². The fraction of sp³-hybridized carbons (Fsp3) is 0.500. The molecule has 1 rings (SSSR count). The van der Waals surface area contributed by atoms with Crippen LogP contribution in [0.15, 0.2) is 24.3 Å². The zero-order valence-electron chi connectivity index (χ0n) is 12.4. The van der Waals surface area contributed by atoms with E-state index >= 15 is 0 Å². The van der Waals surface area contributed by atoms with E-state index in [1.54, 1.807) is 26.0 Å². The Morgan fingerprint density at radius 3 is 2.40 bits per heavy atom. The highest BCUT2D eigenvalue weighted by molar-refractivity contribution is 7.92. The van der Waals surface area contributed by atoms with Crippen LogP contribution in [0.25, 0.3) is 0 Å². The lowest BCUT2D eigenvalue weighted by molar-refractivity contribution is -0.123. The van der Waals surface area contributed by atoms with Crippen molar-refractivity contribution < 1.29 is 13.2 Å². The molecule has 0 aliphatic rings. The number of carbonyl (C=O) groups excluding carboxylic acids is 1. The van der Waals surface area contributed by atoms with Crippen molar-refractivity contribution in [2.75, 3.05) is 23.7 Å². The summed E-state index contributed by atoms with van der Waals surface area (Å²) in [5.74, 6) is -0.191. The molecule has 112 valence electrons. The number of sulfonamides is 1. The average Bonchev–Trinajstić information content (AvgIpc) is 2.34. The van der Waals surface area contributed by atoms with Crippen LogP contribution < -0.4 is 9.62 Å². The molecule has 0 atom stereocenters. The first-order valence-corrected chi connectivity index (χ1v) is 8.39. The first kappa shape index (κ1) is 16.5. The standard InChI is InChI=1S/C14H22N2O3S/c1-11(2)14(17)15-9-10-16(20(4,18)19)13-8-6-5-7-12(13)3/h5-8,11H,9-10H2,1-4H3,(H,15,17). The van der Waals surface area contributed by atoms with E-state index in [4.69, 9.17) is 0 Å². The number of hydrogen-bond donors (Lipinski definition) is 1. The Hall–Kier alpha value is -1.56. The average molecular weight is 298 g/mol. The highest BCUT2D eigenvalue weighted by Crippen LogP contribution is 2.21. The smallest absolute Gasteiger partial charge is 0.232 e. The number of aryl methyl sites for hydroxylation is 1. The molecule has 20 heavy (non-hydrogen) atoms. The highest BCUT2D eigenvalue weighted by atomic mass is 32.2. The molecule has 0 aromatic heterocycles. The van der Waals surface area contributed by atoms with Crippen molar-refractivity contribution in [2.24, 2.45) is 5.92 Å². The fourth-order valence-corrected chi connectivity index (χ4v) is 2.78. The summed E-state index contributed by atoms with van der Waals surface area (Å²) in [5.41, 5.74) is 1.53. The Balaban J connectivity index is 2.83. The lowest BCUT2D eigenvalue weighted by Gasteiger charge is -2.24. The Labute approximate surface area is 121 Å². The van der Waals surface area contributed by atoms with Crippen molar-refractivity contribution in [1.29, 1.82) is 0 Å². The minimum absolute atomic E-state index is 0.0803. The number of carbonyl (C=O) groups is 1. The fourth-order valence-electron chi connectivity index (χ4n) is 1.79. The molecule has 0 spiro atoms. The number of amides is 1. The summed E-state index contributed by atoms with van der Waals surface area (Å²) in [6.45, 7) is 5.97. The first-order chi connectivity index (χ1) is 9.23. The topological polar surface area (TPSA) is 66.5 Å². The van der Waals surface area contributed by atoms with Gasteiger partial charge in [0.2, 0.25) is 15.9 Å². The van der Waals surface area contributed by atoms with E-state index in [1.807, 2.05) is 19.1 Å². The van der Waals surface area contributed by atoms with Gasteiger partial charge in [-0.1, -0.05) is 32.0 Å². The van der Waals surface area contributed by atoms with Gasteiger partial charge in [0.15, 0.2) is 0 Å². The van der Waals surface area contributed by atoms with E-state index in [9.17, 15) is 13.2 Å². The molecular formula is C14H22N2O3S. The molecule has 6 heteroatoms. The molecule has 0 saturated carbocycles. The highest BCUT2D eigenvalue weighted by Gasteiger charge is 2.19. The summed E-state index contributed by atoms with van der Waals surface area (Å²) in [4.78, 5) is 11.5. The molecule has 0 bridgehead atoms. The molecule has 0 radical (unpaired) electrons. The number of benzene rings is 1. The molecule has 5 nitrogen and oxygen atoms in total. The van der Waals surface area contributed by atoms with Crippen molar-refractivity contribution in [2.45, 2.75) is 20.8 Å². The van der Waals surface area contributed by atoms with Gasteiger partial charge in [-0.05, 0) is 18.6 Å². The Morgan fingerprint density at radius 2 is 1.90 bits per heavy atom. The number of rotatable bonds is 6. The molecule has 1 aromatic rings. The molecule has 0 unspecified atom stereocenters. The lowest BCUT2D eigenvalue weighted by Crippen LogP contribution is -2.39. The van der Waals surface area contributed by atoms with Crippen molar-refractivity contribution in [3.8, 4) is 0 Å². The third-order valence-electron chi connectivity index (χ3n) is 2.92. The maximum atomic E-state index is 11.9. The summed E-state index contributed by atoms with van der Waals surface area (Å²) >= 11 is 0. The second kappa shape index (κ2) is 6.74. The summed E-state index contributed by atoms with van der Waals surface area (Å²) in [5, 5.41) is 2.73. The van der Waals surface area contributed by atoms with Crippen molar-refractivity contribution in [3.05, 3.63) is 29.8 Å². The molecule has 1 N–H and O–H groups in total. The molecule has 1 amide bonds. The van der Waals surface area contributed by atoms with E-state index in [0.717, 1.165) is 5.56 Å². The zero-order chi connectivity index (χ0) is 15.3. The summed E-state index contributed by atoms with van der Waals surface area (Å²) < 4.78 is 25.1. The first-order valence-electron chi connectivity index (χ1n) is 6.54. The van der Waals surface area contributed by atoms with Gasteiger partial charge in [0.25, 0.3) is 0 Å². The van der Waals surface area contributed by atoms with E-state index in [0.29, 0.717) is 12.2 Å². The van der Waals surface area contributed by atoms with Gasteiger partial charge in [0, 0.05) is 12.5 Å². The van der Waals surface area contributed by atoms with Gasteiger partial charge in [-0.2, -0.15) is 0 Å². The largest absolute Gasteiger partial charge is 0.354 e. The van der Waals surface area contributed by atoms with Crippen LogP contribution in [0, 0.1) is 12.8 Å². The summed E-state index contributed by atoms with van der Waals surface area (Å²) in [6.07, 6.45) is 1.17. The number of nitrogens with zero attached hydrogens (tertiary/aromatic N) is 1. The van der Waals surface area contributed by atoms with E-state index in [1.165, 1.54) is 10.6 Å². The van der Waals surface area contributed by atoms with Gasteiger partial charge < -0.3 is 5.32 Å². The normalized spacial score (nSPS) is 11.4. The van der Waals surface area contributed by atoms with E-state index in [2.05, 4.69) is 5.32 Å². The molecule has 1 aromatic carbocycles. The van der Waals surface area contributed by atoms with Crippen LogP contribution in [0.5, 0.6) is 0 Å². The van der Waals surface area contributed by atoms with Crippen LogP contribution in [0.3, 0.4) is 0 Å². The molecular weight excluding hydrogens is 276 g/mol. The van der Waals surface area contributed by atoms with Gasteiger partial charge >= 0.3 is 0 Å². The SMILES string of the molecule is Cc1ccccc1N(CCNC(=O)C(C)C)S(C)(=O)=O. The number of anilines is 1. The number of nitrogens with one attached hydrogen (secondary N) is 1. The van der Waals surface area contributed by atoms with Crippen molar-refractivity contribution in [3.63, 3.8) is 0 Å². The van der Waals surface area contributed by atoms with E-state index < -0.39 is 10.0 Å². The van der Waals surface area contributed by atoms with Gasteiger partial charge in [-0.3, -0.25) is 9.10 Å². The van der Waals surface area contributed by atoms with Gasteiger partial charge in [-0.15, -0.1) is 0 Å². The zero-order valence-corrected chi connectivity index (χ0v) is 13.2. The van der Waals surface area contributed by atoms with Crippen LogP contribution in [0.1, 0.15) is 19.4 Å². The van der Waals surface area contributed by atoms with Gasteiger partial charge in [0.1, 0.15) is 0 Å². The molecule has 0 heterocycles. The monoisotopic (exact) mass is 298 g/mol. The number of para-hydroxylation sites is 1. The second-order valence-electron chi connectivity index (χ2n) is 5.07. The maximum absolute atomic E-state index is 11.9. The Morgan fingerprint density at radius 1 is 1.30 bits per heavy atom. The molecule has 0 aliphatic heterocycles. The Bertz CT molecular complexity index is 568. The van der Waals surface area contributed by atoms with Crippen LogP contribution in [0.2, 0.25) is 0 Å². The van der Waals surface area contributed by atoms with E-state index in [-0.39, 0.29) is 18.4 Å². The van der Waals surface area contributed by atoms with Crippen molar-refractivity contribution >= 4 is 21.6 Å². The molecule has 0 fully saturated rings. The van der Waals surface area contributed by atoms with Crippen LogP contribution in [-0.2, 0) is 14.8 Å². The lowest BCUT2D eigenvalue weighted by atomic mass is 10.2. The quantitative estimate of drug-likeness (QED) is 0.866. The minimum atomic E-state index is -3.38. The van der Waals surface area contributed by atoms with Crippen LogP contribution >= 0.6 is 0 Å². The Kier molecular flexibility index (Phi) is 5.56. The predicted molar refractivity (Wildman–Crippen MR) is 81.2 cm³/mol. The summed E-state index contributed by atoms with van der Waals surface area (Å²) in [6, 6.07) is 7.29. The van der Waals surface area contributed by atoms with Crippen molar-refractivity contribution in [1.82, 2.24) is 5.32 Å². The summed E-state index contributed by atoms with van der Waals surface area (Å²) in [7, 11) is -3.38. The third-order valence-corrected chi connectivity index (χ3v) is 4.10. The van der Waals surface area contributed by atoms with Gasteiger partial charge in [-0.25, -0.2) is 8.42 Å². The third kappa shape index (κ3) is 4.52. The minimum Gasteiger partial charge on any atom is -0.354 e. The maximum Gasteiger partial charge on any atom is 0.232 e. The molecule has 0 aliphatic carbocycles. The second-order valence-corrected chi connectivity index (χ2v) is 6.97. The number of hydrogen-bond acceptors (Lipinski definition) is 3.